The lowest BCUT2D eigenvalue weighted by Gasteiger charge is -2.31. The summed E-state index contributed by atoms with van der Waals surface area (Å²) in [7, 11) is 3.13. The van der Waals surface area contributed by atoms with Gasteiger partial charge in [-0.1, -0.05) is 29.8 Å². The molecular weight excluding hydrogens is 410 g/mol. The maximum absolute atomic E-state index is 13.3. The summed E-state index contributed by atoms with van der Waals surface area (Å²) >= 11 is 11.4. The lowest BCUT2D eigenvalue weighted by atomic mass is 9.93. The maximum atomic E-state index is 13.3. The van der Waals surface area contributed by atoms with E-state index in [1.54, 1.807) is 32.4 Å². The number of hydrogen-bond acceptors (Lipinski definition) is 4. The fourth-order valence-electron chi connectivity index (χ4n) is 3.29. The van der Waals surface area contributed by atoms with E-state index in [1.165, 1.54) is 0 Å². The number of ether oxygens (including phenoxy) is 2. The fourth-order valence-corrected chi connectivity index (χ4v) is 3.73. The van der Waals surface area contributed by atoms with Crippen molar-refractivity contribution in [3.05, 3.63) is 63.8 Å². The van der Waals surface area contributed by atoms with Crippen LogP contribution in [0.25, 0.3) is 0 Å². The van der Waals surface area contributed by atoms with Crippen LogP contribution >= 0.6 is 23.8 Å². The highest BCUT2D eigenvalue weighted by atomic mass is 35.5. The number of amides is 1. The second-order valence-corrected chi connectivity index (χ2v) is 7.41. The second-order valence-electron chi connectivity index (χ2n) is 6.57. The quantitative estimate of drug-likeness (QED) is 0.619. The molecule has 0 spiro atoms. The van der Waals surface area contributed by atoms with Crippen molar-refractivity contribution in [2.24, 2.45) is 0 Å². The number of anilines is 1. The first kappa shape index (κ1) is 21.0. The van der Waals surface area contributed by atoms with Gasteiger partial charge in [-0.05, 0) is 49.8 Å². The van der Waals surface area contributed by atoms with Crippen LogP contribution in [0, 0.1) is 6.92 Å². The van der Waals surface area contributed by atoms with Crippen molar-refractivity contribution in [1.82, 2.24) is 10.6 Å². The molecule has 0 radical (unpaired) electrons. The SMILES string of the molecule is COc1cccc([C@H]2NC(=S)NC(C)=C2C(=O)Nc2cc(Cl)ccc2C)c1OC. The summed E-state index contributed by atoms with van der Waals surface area (Å²) in [6.07, 6.45) is 0. The van der Waals surface area contributed by atoms with Crippen molar-refractivity contribution in [2.75, 3.05) is 19.5 Å². The van der Waals surface area contributed by atoms with Crippen LogP contribution in [0.15, 0.2) is 47.7 Å². The average Bonchev–Trinajstić information content (AvgIpc) is 2.69. The number of hydrogen-bond donors (Lipinski definition) is 3. The summed E-state index contributed by atoms with van der Waals surface area (Å²) in [5.74, 6) is 0.832. The van der Waals surface area contributed by atoms with E-state index in [0.717, 1.165) is 11.1 Å². The zero-order valence-electron chi connectivity index (χ0n) is 16.6. The Bertz CT molecular complexity index is 1010. The van der Waals surface area contributed by atoms with Gasteiger partial charge in [0.15, 0.2) is 16.6 Å². The molecule has 2 aromatic carbocycles. The normalized spacial score (nSPS) is 16.0. The van der Waals surface area contributed by atoms with Gasteiger partial charge in [0.1, 0.15) is 0 Å². The van der Waals surface area contributed by atoms with E-state index >= 15 is 0 Å². The molecule has 0 bridgehead atoms. The van der Waals surface area contributed by atoms with Crippen LogP contribution < -0.4 is 25.4 Å². The minimum absolute atomic E-state index is 0.273. The van der Waals surface area contributed by atoms with Crippen molar-refractivity contribution in [3.63, 3.8) is 0 Å². The minimum Gasteiger partial charge on any atom is -0.493 e. The van der Waals surface area contributed by atoms with Crippen molar-refractivity contribution < 1.29 is 14.3 Å². The van der Waals surface area contributed by atoms with Gasteiger partial charge < -0.3 is 25.4 Å². The minimum atomic E-state index is -0.520. The number of allylic oxidation sites excluding steroid dienone is 1. The second kappa shape index (κ2) is 8.71. The third kappa shape index (κ3) is 4.31. The molecule has 3 rings (SSSR count). The fraction of sp³-hybridized carbons (Fsp3) is 0.238. The molecule has 152 valence electrons. The zero-order valence-corrected chi connectivity index (χ0v) is 18.1. The first-order valence-electron chi connectivity index (χ1n) is 8.92. The first-order chi connectivity index (χ1) is 13.8. The molecule has 0 aliphatic carbocycles. The summed E-state index contributed by atoms with van der Waals surface area (Å²) in [4.78, 5) is 13.3. The predicted octanol–water partition coefficient (Wildman–Crippen LogP) is 4.10. The number of methoxy groups -OCH3 is 2. The molecule has 1 aliphatic rings. The summed E-state index contributed by atoms with van der Waals surface area (Å²) in [6.45, 7) is 3.72. The summed E-state index contributed by atoms with van der Waals surface area (Å²) in [6, 6.07) is 10.4. The highest BCUT2D eigenvalue weighted by molar-refractivity contribution is 7.80. The Morgan fingerprint density at radius 2 is 1.93 bits per heavy atom. The average molecular weight is 432 g/mol. The smallest absolute Gasteiger partial charge is 0.255 e. The molecule has 1 amide bonds. The number of benzene rings is 2. The van der Waals surface area contributed by atoms with Gasteiger partial charge in [0.2, 0.25) is 0 Å². The summed E-state index contributed by atoms with van der Waals surface area (Å²) in [5, 5.41) is 10.1. The van der Waals surface area contributed by atoms with E-state index in [4.69, 9.17) is 33.3 Å². The molecule has 8 heteroatoms. The number of halogens is 1. The molecule has 29 heavy (non-hydrogen) atoms. The van der Waals surface area contributed by atoms with Gasteiger partial charge in [-0.3, -0.25) is 4.79 Å². The van der Waals surface area contributed by atoms with Gasteiger partial charge >= 0.3 is 0 Å². The Labute approximate surface area is 180 Å². The van der Waals surface area contributed by atoms with E-state index in [9.17, 15) is 4.79 Å². The summed E-state index contributed by atoms with van der Waals surface area (Å²) in [5.41, 5.74) is 3.43. The van der Waals surface area contributed by atoms with E-state index in [1.807, 2.05) is 32.0 Å². The number of nitrogens with one attached hydrogen (secondary N) is 3. The Hall–Kier alpha value is -2.77. The van der Waals surface area contributed by atoms with Gasteiger partial charge in [0.05, 0.1) is 25.8 Å². The number of thiocarbonyl (C=S) groups is 1. The Balaban J connectivity index is 2.05. The van der Waals surface area contributed by atoms with Gasteiger partial charge in [-0.15, -0.1) is 0 Å². The number of aryl methyl sites for hydroxylation is 1. The molecule has 0 saturated carbocycles. The molecule has 2 aromatic rings. The van der Waals surface area contributed by atoms with Crippen LogP contribution in [0.1, 0.15) is 24.1 Å². The predicted molar refractivity (Wildman–Crippen MR) is 119 cm³/mol. The van der Waals surface area contributed by atoms with E-state index in [0.29, 0.717) is 38.6 Å². The number of carbonyl (C=O) groups excluding carboxylic acids is 1. The Morgan fingerprint density at radius 3 is 2.62 bits per heavy atom. The highest BCUT2D eigenvalue weighted by Gasteiger charge is 2.32. The monoisotopic (exact) mass is 431 g/mol. The van der Waals surface area contributed by atoms with Crippen molar-refractivity contribution >= 4 is 40.5 Å². The zero-order chi connectivity index (χ0) is 21.1. The highest BCUT2D eigenvalue weighted by Crippen LogP contribution is 2.39. The molecule has 0 aromatic heterocycles. The standard InChI is InChI=1S/C21H22ClN3O3S/c1-11-8-9-13(22)10-15(11)24-20(26)17-12(2)23-21(29)25-18(17)14-6-5-7-16(27-3)19(14)28-4/h5-10,18H,1-4H3,(H,24,26)(H2,23,25,29)/t18-/m1/s1. The van der Waals surface area contributed by atoms with Crippen LogP contribution in [-0.2, 0) is 4.79 Å². The van der Waals surface area contributed by atoms with Crippen molar-refractivity contribution in [2.45, 2.75) is 19.9 Å². The van der Waals surface area contributed by atoms with Crippen molar-refractivity contribution in [3.8, 4) is 11.5 Å². The van der Waals surface area contributed by atoms with Crippen LogP contribution in [0.3, 0.4) is 0 Å². The van der Waals surface area contributed by atoms with Crippen LogP contribution in [0.2, 0.25) is 5.02 Å². The number of carbonyl (C=O) groups is 1. The van der Waals surface area contributed by atoms with Crippen LogP contribution in [0.5, 0.6) is 11.5 Å². The van der Waals surface area contributed by atoms with Gasteiger partial charge in [0, 0.05) is 22.0 Å². The van der Waals surface area contributed by atoms with Gasteiger partial charge in [-0.2, -0.15) is 0 Å². The van der Waals surface area contributed by atoms with Gasteiger partial charge in [-0.25, -0.2) is 0 Å². The molecular formula is C21H22ClN3O3S. The van der Waals surface area contributed by atoms with Crippen LogP contribution in [0.4, 0.5) is 5.69 Å². The molecule has 0 saturated heterocycles. The molecule has 0 fully saturated rings. The summed E-state index contributed by atoms with van der Waals surface area (Å²) < 4.78 is 11.0. The molecule has 0 unspecified atom stereocenters. The maximum Gasteiger partial charge on any atom is 0.255 e. The molecule has 1 aliphatic heterocycles. The third-order valence-electron chi connectivity index (χ3n) is 4.71. The Kier molecular flexibility index (Phi) is 6.30. The lowest BCUT2D eigenvalue weighted by molar-refractivity contribution is -0.113. The third-order valence-corrected chi connectivity index (χ3v) is 5.16. The van der Waals surface area contributed by atoms with E-state index in [-0.39, 0.29) is 5.91 Å². The largest absolute Gasteiger partial charge is 0.493 e. The molecule has 1 heterocycles. The van der Waals surface area contributed by atoms with E-state index in [2.05, 4.69) is 16.0 Å². The van der Waals surface area contributed by atoms with Crippen molar-refractivity contribution in [1.29, 1.82) is 0 Å². The van der Waals surface area contributed by atoms with E-state index < -0.39 is 6.04 Å². The number of rotatable bonds is 5. The molecule has 1 atom stereocenters. The van der Waals surface area contributed by atoms with Gasteiger partial charge in [0.25, 0.3) is 5.91 Å². The first-order valence-corrected chi connectivity index (χ1v) is 9.71. The number of para-hydroxylation sites is 1. The molecule has 3 N–H and O–H groups in total. The topological polar surface area (TPSA) is 71.6 Å². The Morgan fingerprint density at radius 1 is 1.17 bits per heavy atom. The lowest BCUT2D eigenvalue weighted by Crippen LogP contribution is -2.45. The van der Waals surface area contributed by atoms with Crippen LogP contribution in [-0.4, -0.2) is 25.2 Å². The molecule has 6 nitrogen and oxygen atoms in total.